The number of amides is 2. The number of para-hydroxylation sites is 2. The van der Waals surface area contributed by atoms with E-state index < -0.39 is 0 Å². The highest BCUT2D eigenvalue weighted by Crippen LogP contribution is 2.32. The molecular formula is C20H26N2O4. The van der Waals surface area contributed by atoms with Crippen molar-refractivity contribution in [3.8, 4) is 11.5 Å². The Labute approximate surface area is 154 Å². The number of ether oxygens (including phenoxy) is 2. The maximum atomic E-state index is 12.5. The van der Waals surface area contributed by atoms with Gasteiger partial charge in [0.1, 0.15) is 12.7 Å². The second kappa shape index (κ2) is 6.91. The first-order valence-corrected chi connectivity index (χ1v) is 9.52. The van der Waals surface area contributed by atoms with Crippen molar-refractivity contribution in [3.05, 3.63) is 24.3 Å². The van der Waals surface area contributed by atoms with Gasteiger partial charge in [0.2, 0.25) is 11.8 Å². The van der Waals surface area contributed by atoms with Crippen LogP contribution in [0.25, 0.3) is 0 Å². The summed E-state index contributed by atoms with van der Waals surface area (Å²) in [6.07, 6.45) is 1.83. The number of nitrogens with zero attached hydrogens (tertiary/aromatic N) is 2. The van der Waals surface area contributed by atoms with Crippen LogP contribution in [-0.4, -0.2) is 60.0 Å². The van der Waals surface area contributed by atoms with Gasteiger partial charge in [-0.3, -0.25) is 19.4 Å². The second-order valence-electron chi connectivity index (χ2n) is 7.68. The minimum atomic E-state index is -0.204. The number of carbonyl (C=O) groups excluding carboxylic acids is 2. The molecule has 2 fully saturated rings. The molecule has 0 spiro atoms. The maximum absolute atomic E-state index is 12.5. The second-order valence-corrected chi connectivity index (χ2v) is 7.68. The molecule has 3 aliphatic heterocycles. The third-order valence-corrected chi connectivity index (χ3v) is 5.88. The first-order chi connectivity index (χ1) is 12.5. The van der Waals surface area contributed by atoms with Crippen molar-refractivity contribution in [3.63, 3.8) is 0 Å². The number of hydrogen-bond donors (Lipinski definition) is 0. The minimum Gasteiger partial charge on any atom is -0.486 e. The summed E-state index contributed by atoms with van der Waals surface area (Å²) in [6.45, 7) is 6.66. The lowest BCUT2D eigenvalue weighted by Crippen LogP contribution is -2.53. The van der Waals surface area contributed by atoms with Gasteiger partial charge in [-0.15, -0.1) is 0 Å². The van der Waals surface area contributed by atoms with Crippen molar-refractivity contribution in [2.45, 2.75) is 38.8 Å². The van der Waals surface area contributed by atoms with Gasteiger partial charge in [0.25, 0.3) is 0 Å². The number of rotatable bonds is 3. The van der Waals surface area contributed by atoms with Crippen LogP contribution in [0.15, 0.2) is 24.3 Å². The normalized spacial score (nSPS) is 32.2. The summed E-state index contributed by atoms with van der Waals surface area (Å²) in [4.78, 5) is 28.8. The van der Waals surface area contributed by atoms with E-state index in [1.54, 1.807) is 0 Å². The molecule has 3 heterocycles. The average molecular weight is 358 g/mol. The molecule has 0 saturated carbocycles. The number of fused-ring (bicyclic) bond motifs is 1. The van der Waals surface area contributed by atoms with Crippen LogP contribution in [0, 0.1) is 11.8 Å². The van der Waals surface area contributed by atoms with Gasteiger partial charge < -0.3 is 9.47 Å². The number of hydrogen-bond acceptors (Lipinski definition) is 5. The van der Waals surface area contributed by atoms with Crippen molar-refractivity contribution < 1.29 is 19.1 Å². The Morgan fingerprint density at radius 3 is 2.50 bits per heavy atom. The van der Waals surface area contributed by atoms with Crippen molar-refractivity contribution in [1.29, 1.82) is 0 Å². The van der Waals surface area contributed by atoms with Crippen molar-refractivity contribution in [2.75, 3.05) is 26.2 Å². The summed E-state index contributed by atoms with van der Waals surface area (Å²) in [7, 11) is 0. The predicted octanol–water partition coefficient (Wildman–Crippen LogP) is 1.93. The molecule has 0 aliphatic carbocycles. The number of imide groups is 1. The van der Waals surface area contributed by atoms with E-state index in [2.05, 4.69) is 4.90 Å². The Bertz CT molecular complexity index is 687. The fraction of sp³-hybridized carbons (Fsp3) is 0.600. The van der Waals surface area contributed by atoms with E-state index in [0.717, 1.165) is 44.0 Å². The molecule has 1 aromatic rings. The van der Waals surface area contributed by atoms with Crippen LogP contribution in [0.3, 0.4) is 0 Å². The fourth-order valence-corrected chi connectivity index (χ4v) is 4.18. The van der Waals surface area contributed by atoms with E-state index in [1.807, 2.05) is 38.1 Å². The first-order valence-electron chi connectivity index (χ1n) is 9.52. The number of carbonyl (C=O) groups is 2. The van der Waals surface area contributed by atoms with Crippen LogP contribution in [0.1, 0.15) is 26.7 Å². The van der Waals surface area contributed by atoms with E-state index in [1.165, 1.54) is 4.90 Å². The zero-order chi connectivity index (χ0) is 18.3. The molecule has 0 radical (unpaired) electrons. The standard InChI is InChI=1S/C20H26N2O4/c1-13-14(2)20(24)22(19(13)23)15-6-5-9-21(10-15)11-16-12-25-17-7-3-4-8-18(17)26-16/h3-4,7-8,13-16H,5-6,9-12H2,1-2H3/t13-,14-,15+,16+/m1/s1. The predicted molar refractivity (Wildman–Crippen MR) is 96.0 cm³/mol. The molecule has 26 heavy (non-hydrogen) atoms. The quantitative estimate of drug-likeness (QED) is 0.773. The van der Waals surface area contributed by atoms with E-state index in [0.29, 0.717) is 6.61 Å². The highest BCUT2D eigenvalue weighted by molar-refractivity contribution is 6.05. The largest absolute Gasteiger partial charge is 0.486 e. The first kappa shape index (κ1) is 17.3. The molecular weight excluding hydrogens is 332 g/mol. The van der Waals surface area contributed by atoms with Crippen molar-refractivity contribution in [1.82, 2.24) is 9.80 Å². The zero-order valence-electron chi connectivity index (χ0n) is 15.4. The van der Waals surface area contributed by atoms with Gasteiger partial charge in [0.05, 0.1) is 6.04 Å². The van der Waals surface area contributed by atoms with E-state index in [9.17, 15) is 9.59 Å². The molecule has 6 nitrogen and oxygen atoms in total. The topological polar surface area (TPSA) is 59.1 Å². The number of likely N-dealkylation sites (tertiary alicyclic amines) is 2. The van der Waals surface area contributed by atoms with Crippen LogP contribution >= 0.6 is 0 Å². The Kier molecular flexibility index (Phi) is 4.61. The number of benzene rings is 1. The smallest absolute Gasteiger partial charge is 0.233 e. The third-order valence-electron chi connectivity index (χ3n) is 5.88. The fourth-order valence-electron chi connectivity index (χ4n) is 4.18. The minimum absolute atomic E-state index is 0.0134. The third kappa shape index (κ3) is 3.07. The molecule has 140 valence electrons. The summed E-state index contributed by atoms with van der Waals surface area (Å²) in [5.41, 5.74) is 0. The van der Waals surface area contributed by atoms with Crippen molar-refractivity contribution in [2.24, 2.45) is 11.8 Å². The molecule has 0 N–H and O–H groups in total. The summed E-state index contributed by atoms with van der Waals surface area (Å²) < 4.78 is 11.9. The average Bonchev–Trinajstić information content (AvgIpc) is 2.85. The van der Waals surface area contributed by atoms with Crippen LogP contribution in [0.2, 0.25) is 0 Å². The van der Waals surface area contributed by atoms with Gasteiger partial charge in [-0.2, -0.15) is 0 Å². The molecule has 0 aromatic heterocycles. The van der Waals surface area contributed by atoms with Crippen molar-refractivity contribution >= 4 is 11.8 Å². The molecule has 2 saturated heterocycles. The summed E-state index contributed by atoms with van der Waals surface area (Å²) in [6, 6.07) is 7.69. The molecule has 6 heteroatoms. The van der Waals surface area contributed by atoms with E-state index in [-0.39, 0.29) is 35.8 Å². The van der Waals surface area contributed by atoms with E-state index in [4.69, 9.17) is 9.47 Å². The zero-order valence-corrected chi connectivity index (χ0v) is 15.4. The molecule has 4 atom stereocenters. The van der Waals surface area contributed by atoms with Gasteiger partial charge in [-0.05, 0) is 31.5 Å². The lowest BCUT2D eigenvalue weighted by Gasteiger charge is -2.38. The summed E-state index contributed by atoms with van der Waals surface area (Å²) >= 11 is 0. The lowest BCUT2D eigenvalue weighted by atomic mass is 10.00. The van der Waals surface area contributed by atoms with Gasteiger partial charge in [-0.25, -0.2) is 0 Å². The molecule has 0 bridgehead atoms. The van der Waals surface area contributed by atoms with Crippen LogP contribution in [-0.2, 0) is 9.59 Å². The summed E-state index contributed by atoms with van der Waals surface area (Å²) in [5.74, 6) is 1.14. The Balaban J connectivity index is 1.39. The van der Waals surface area contributed by atoms with Gasteiger partial charge in [-0.1, -0.05) is 26.0 Å². The van der Waals surface area contributed by atoms with Gasteiger partial charge in [0, 0.05) is 24.9 Å². The van der Waals surface area contributed by atoms with Crippen LogP contribution in [0.4, 0.5) is 0 Å². The summed E-state index contributed by atoms with van der Waals surface area (Å²) in [5, 5.41) is 0. The Morgan fingerprint density at radius 2 is 1.77 bits per heavy atom. The van der Waals surface area contributed by atoms with Gasteiger partial charge in [0.15, 0.2) is 11.5 Å². The van der Waals surface area contributed by atoms with Crippen LogP contribution < -0.4 is 9.47 Å². The van der Waals surface area contributed by atoms with Crippen LogP contribution in [0.5, 0.6) is 11.5 Å². The molecule has 4 rings (SSSR count). The molecule has 0 unspecified atom stereocenters. The molecule has 2 amide bonds. The highest BCUT2D eigenvalue weighted by Gasteiger charge is 2.46. The van der Waals surface area contributed by atoms with E-state index >= 15 is 0 Å². The maximum Gasteiger partial charge on any atom is 0.233 e. The van der Waals surface area contributed by atoms with Gasteiger partial charge >= 0.3 is 0 Å². The molecule has 1 aromatic carbocycles. The Morgan fingerprint density at radius 1 is 1.08 bits per heavy atom. The SMILES string of the molecule is C[C@H]1C(=O)N([C@H]2CCCN(C[C@H]3COc4ccccc4O3)C2)C(=O)[C@@H]1C. The lowest BCUT2D eigenvalue weighted by molar-refractivity contribution is -0.144. The monoisotopic (exact) mass is 358 g/mol. The number of piperidine rings is 1. The molecule has 3 aliphatic rings. The highest BCUT2D eigenvalue weighted by atomic mass is 16.6. The Hall–Kier alpha value is -2.08.